The van der Waals surface area contributed by atoms with E-state index in [1.54, 1.807) is 19.4 Å². The lowest BCUT2D eigenvalue weighted by molar-refractivity contribution is 0.0696. The number of carboxylic acids is 1. The fraction of sp³-hybridized carbons (Fsp3) is 0.182. The van der Waals surface area contributed by atoms with Gasteiger partial charge in [0.1, 0.15) is 5.56 Å². The zero-order chi connectivity index (χ0) is 11.5. The van der Waals surface area contributed by atoms with Gasteiger partial charge in [0.25, 0.3) is 0 Å². The number of aromatic carboxylic acids is 1. The Hall–Kier alpha value is -2.17. The lowest BCUT2D eigenvalue weighted by atomic mass is 10.1. The molecule has 0 amide bonds. The van der Waals surface area contributed by atoms with Gasteiger partial charge in [-0.05, 0) is 11.6 Å². The van der Waals surface area contributed by atoms with Crippen LogP contribution in [0.15, 0.2) is 30.7 Å². The summed E-state index contributed by atoms with van der Waals surface area (Å²) in [4.78, 5) is 14.9. The summed E-state index contributed by atoms with van der Waals surface area (Å²) >= 11 is 0. The second kappa shape index (κ2) is 4.14. The molecule has 2 rings (SSSR count). The van der Waals surface area contributed by atoms with Crippen molar-refractivity contribution in [1.82, 2.24) is 14.8 Å². The van der Waals surface area contributed by atoms with Crippen molar-refractivity contribution in [2.75, 3.05) is 0 Å². The summed E-state index contributed by atoms with van der Waals surface area (Å²) in [6, 6.07) is 3.71. The van der Waals surface area contributed by atoms with Gasteiger partial charge in [-0.1, -0.05) is 6.07 Å². The zero-order valence-corrected chi connectivity index (χ0v) is 8.79. The molecule has 1 N–H and O–H groups in total. The SMILES string of the molecule is Cn1cc(C(=O)O)c(Cc2cccnc2)n1. The van der Waals surface area contributed by atoms with Crippen molar-refractivity contribution >= 4 is 5.97 Å². The van der Waals surface area contributed by atoms with Crippen LogP contribution in [0.5, 0.6) is 0 Å². The number of hydrogen-bond donors (Lipinski definition) is 1. The predicted molar refractivity (Wildman–Crippen MR) is 57.2 cm³/mol. The van der Waals surface area contributed by atoms with E-state index >= 15 is 0 Å². The second-order valence-electron chi connectivity index (χ2n) is 3.51. The topological polar surface area (TPSA) is 68.0 Å². The molecular formula is C11H11N3O2. The molecule has 5 nitrogen and oxygen atoms in total. The minimum Gasteiger partial charge on any atom is -0.478 e. The largest absolute Gasteiger partial charge is 0.478 e. The van der Waals surface area contributed by atoms with Crippen LogP contribution in [0.2, 0.25) is 0 Å². The highest BCUT2D eigenvalue weighted by molar-refractivity contribution is 5.88. The molecule has 16 heavy (non-hydrogen) atoms. The Bertz CT molecular complexity index is 505. The van der Waals surface area contributed by atoms with E-state index in [0.717, 1.165) is 5.56 Å². The second-order valence-corrected chi connectivity index (χ2v) is 3.51. The first-order valence-electron chi connectivity index (χ1n) is 4.81. The van der Waals surface area contributed by atoms with Gasteiger partial charge in [0.15, 0.2) is 0 Å². The van der Waals surface area contributed by atoms with Gasteiger partial charge in [0.2, 0.25) is 0 Å². The summed E-state index contributed by atoms with van der Waals surface area (Å²) < 4.78 is 1.51. The third kappa shape index (κ3) is 2.08. The molecule has 0 aromatic carbocycles. The van der Waals surface area contributed by atoms with E-state index < -0.39 is 5.97 Å². The highest BCUT2D eigenvalue weighted by Crippen LogP contribution is 2.11. The minimum absolute atomic E-state index is 0.242. The number of carboxylic acid groups (broad SMARTS) is 1. The summed E-state index contributed by atoms with van der Waals surface area (Å²) in [7, 11) is 1.71. The Morgan fingerprint density at radius 1 is 1.56 bits per heavy atom. The number of nitrogens with zero attached hydrogens (tertiary/aromatic N) is 3. The van der Waals surface area contributed by atoms with Gasteiger partial charge in [-0.2, -0.15) is 5.10 Å². The molecular weight excluding hydrogens is 206 g/mol. The summed E-state index contributed by atoms with van der Waals surface area (Å²) in [5.41, 5.74) is 1.75. The van der Waals surface area contributed by atoms with E-state index in [0.29, 0.717) is 12.1 Å². The zero-order valence-electron chi connectivity index (χ0n) is 8.79. The van der Waals surface area contributed by atoms with E-state index in [4.69, 9.17) is 5.11 Å². The predicted octanol–water partition coefficient (Wildman–Crippen LogP) is 1.10. The van der Waals surface area contributed by atoms with Crippen molar-refractivity contribution in [3.63, 3.8) is 0 Å². The van der Waals surface area contributed by atoms with Crippen molar-refractivity contribution < 1.29 is 9.90 Å². The van der Waals surface area contributed by atoms with Crippen LogP contribution >= 0.6 is 0 Å². The van der Waals surface area contributed by atoms with Crippen molar-refractivity contribution in [1.29, 1.82) is 0 Å². The quantitative estimate of drug-likeness (QED) is 0.836. The highest BCUT2D eigenvalue weighted by atomic mass is 16.4. The summed E-state index contributed by atoms with van der Waals surface area (Å²) in [5.74, 6) is -0.952. The van der Waals surface area contributed by atoms with Crippen LogP contribution in [-0.4, -0.2) is 25.8 Å². The molecule has 0 aliphatic heterocycles. The lowest BCUT2D eigenvalue weighted by Crippen LogP contribution is -2.01. The Balaban J connectivity index is 2.31. The molecule has 0 aliphatic rings. The van der Waals surface area contributed by atoms with Gasteiger partial charge in [0.05, 0.1) is 5.69 Å². The van der Waals surface area contributed by atoms with Crippen LogP contribution in [0, 0.1) is 0 Å². The molecule has 0 bridgehead atoms. The minimum atomic E-state index is -0.952. The molecule has 0 spiro atoms. The van der Waals surface area contributed by atoms with Gasteiger partial charge >= 0.3 is 5.97 Å². The molecule has 0 unspecified atom stereocenters. The molecule has 0 radical (unpaired) electrons. The van der Waals surface area contributed by atoms with Crippen molar-refractivity contribution in [3.05, 3.63) is 47.5 Å². The fourth-order valence-electron chi connectivity index (χ4n) is 1.54. The average molecular weight is 217 g/mol. The molecule has 0 saturated heterocycles. The average Bonchev–Trinajstić information content (AvgIpc) is 2.61. The van der Waals surface area contributed by atoms with Crippen molar-refractivity contribution in [3.8, 4) is 0 Å². The molecule has 2 aromatic heterocycles. The number of aromatic nitrogens is 3. The summed E-state index contributed by atoms with van der Waals surface area (Å²) in [6.07, 6.45) is 5.38. The Morgan fingerprint density at radius 3 is 3.00 bits per heavy atom. The van der Waals surface area contributed by atoms with E-state index in [1.165, 1.54) is 10.9 Å². The number of rotatable bonds is 3. The van der Waals surface area contributed by atoms with E-state index in [9.17, 15) is 4.79 Å². The highest BCUT2D eigenvalue weighted by Gasteiger charge is 2.14. The van der Waals surface area contributed by atoms with Gasteiger partial charge in [-0.25, -0.2) is 4.79 Å². The molecule has 5 heteroatoms. The lowest BCUT2D eigenvalue weighted by Gasteiger charge is -1.98. The molecule has 0 aliphatic carbocycles. The number of hydrogen-bond acceptors (Lipinski definition) is 3. The maximum Gasteiger partial charge on any atom is 0.339 e. The van der Waals surface area contributed by atoms with Crippen LogP contribution < -0.4 is 0 Å². The maximum atomic E-state index is 11.0. The van der Waals surface area contributed by atoms with Crippen LogP contribution in [0.4, 0.5) is 0 Å². The monoisotopic (exact) mass is 217 g/mol. The van der Waals surface area contributed by atoms with E-state index in [1.807, 2.05) is 12.1 Å². The van der Waals surface area contributed by atoms with Crippen molar-refractivity contribution in [2.45, 2.75) is 6.42 Å². The maximum absolute atomic E-state index is 11.0. The van der Waals surface area contributed by atoms with Gasteiger partial charge in [0, 0.05) is 32.1 Å². The molecule has 0 saturated carbocycles. The van der Waals surface area contributed by atoms with Crippen LogP contribution in [-0.2, 0) is 13.5 Å². The van der Waals surface area contributed by atoms with E-state index in [-0.39, 0.29) is 5.56 Å². The Morgan fingerprint density at radius 2 is 2.38 bits per heavy atom. The van der Waals surface area contributed by atoms with Gasteiger partial charge in [-0.3, -0.25) is 9.67 Å². The van der Waals surface area contributed by atoms with E-state index in [2.05, 4.69) is 10.1 Å². The Kier molecular flexibility index (Phi) is 2.68. The normalized spacial score (nSPS) is 10.3. The molecule has 2 aromatic rings. The standard InChI is InChI=1S/C11H11N3O2/c1-14-7-9(11(15)16)10(13-14)5-8-3-2-4-12-6-8/h2-4,6-7H,5H2,1H3,(H,15,16). The molecule has 82 valence electrons. The van der Waals surface area contributed by atoms with Crippen molar-refractivity contribution in [2.24, 2.45) is 7.05 Å². The number of carbonyl (C=O) groups is 1. The number of pyridine rings is 1. The van der Waals surface area contributed by atoms with Gasteiger partial charge in [-0.15, -0.1) is 0 Å². The summed E-state index contributed by atoms with van der Waals surface area (Å²) in [5, 5.41) is 13.1. The first kappa shape index (κ1) is 10.4. The third-order valence-electron chi connectivity index (χ3n) is 2.23. The fourth-order valence-corrected chi connectivity index (χ4v) is 1.54. The Labute approximate surface area is 92.4 Å². The third-order valence-corrected chi connectivity index (χ3v) is 2.23. The molecule has 2 heterocycles. The van der Waals surface area contributed by atoms with Crippen LogP contribution in [0.25, 0.3) is 0 Å². The number of aryl methyl sites for hydroxylation is 1. The smallest absolute Gasteiger partial charge is 0.339 e. The van der Waals surface area contributed by atoms with Crippen LogP contribution in [0.3, 0.4) is 0 Å². The molecule has 0 atom stereocenters. The van der Waals surface area contributed by atoms with Crippen LogP contribution in [0.1, 0.15) is 21.6 Å². The van der Waals surface area contributed by atoms with Gasteiger partial charge < -0.3 is 5.11 Å². The molecule has 0 fully saturated rings. The first-order valence-corrected chi connectivity index (χ1v) is 4.81. The first-order chi connectivity index (χ1) is 7.66. The summed E-state index contributed by atoms with van der Waals surface area (Å²) in [6.45, 7) is 0.